The molecule has 2 fully saturated rings. The first-order chi connectivity index (χ1) is 10.7. The van der Waals surface area contributed by atoms with E-state index in [1.807, 2.05) is 12.1 Å². The molecule has 2 aromatic carbocycles. The summed E-state index contributed by atoms with van der Waals surface area (Å²) in [7, 11) is 0. The number of rotatable bonds is 2. The van der Waals surface area contributed by atoms with Crippen LogP contribution in [-0.2, 0) is 0 Å². The van der Waals surface area contributed by atoms with Crippen LogP contribution in [0.3, 0.4) is 0 Å². The van der Waals surface area contributed by atoms with Gasteiger partial charge in [-0.1, -0.05) is 42.8 Å². The number of aryl methyl sites for hydroxylation is 1. The van der Waals surface area contributed by atoms with Crippen LogP contribution in [0, 0.1) is 12.8 Å². The van der Waals surface area contributed by atoms with Gasteiger partial charge in [0.2, 0.25) is 0 Å². The first kappa shape index (κ1) is 14.3. The number of benzene rings is 2. The summed E-state index contributed by atoms with van der Waals surface area (Å²) in [5, 5.41) is 3.76. The average Bonchev–Trinajstić information content (AvgIpc) is 2.54. The van der Waals surface area contributed by atoms with Crippen molar-refractivity contribution < 1.29 is 4.79 Å². The number of carbonyl (C=O) groups is 1. The highest BCUT2D eigenvalue weighted by Crippen LogP contribution is 2.45. The molecule has 0 spiro atoms. The Morgan fingerprint density at radius 3 is 2.55 bits per heavy atom. The molecule has 22 heavy (non-hydrogen) atoms. The van der Waals surface area contributed by atoms with Crippen molar-refractivity contribution in [1.29, 1.82) is 0 Å². The molecule has 2 heteroatoms. The fourth-order valence-corrected chi connectivity index (χ4v) is 6.02. The summed E-state index contributed by atoms with van der Waals surface area (Å²) in [6, 6.07) is 12.5. The van der Waals surface area contributed by atoms with E-state index in [2.05, 4.69) is 43.0 Å². The minimum atomic E-state index is 0.237. The van der Waals surface area contributed by atoms with Crippen LogP contribution in [0.2, 0.25) is 0 Å². The Morgan fingerprint density at radius 1 is 1.05 bits per heavy atom. The van der Waals surface area contributed by atoms with Crippen LogP contribution in [0.4, 0.5) is 0 Å². The minimum Gasteiger partial charge on any atom is -0.294 e. The molecule has 1 nitrogen and oxygen atoms in total. The van der Waals surface area contributed by atoms with Gasteiger partial charge in [-0.3, -0.25) is 4.79 Å². The molecular formula is C20H22OS. The Morgan fingerprint density at radius 2 is 1.77 bits per heavy atom. The van der Waals surface area contributed by atoms with Gasteiger partial charge in [0.25, 0.3) is 0 Å². The van der Waals surface area contributed by atoms with E-state index < -0.39 is 0 Å². The third-order valence-electron chi connectivity index (χ3n) is 5.29. The number of carbonyl (C=O) groups excluding carboxylic acids is 1. The van der Waals surface area contributed by atoms with Crippen LogP contribution in [0.25, 0.3) is 10.8 Å². The summed E-state index contributed by atoms with van der Waals surface area (Å²) >= 11 is 2.15. The molecule has 114 valence electrons. The number of ketones is 1. The van der Waals surface area contributed by atoms with E-state index in [9.17, 15) is 4.79 Å². The lowest BCUT2D eigenvalue weighted by Crippen LogP contribution is -2.33. The fraction of sp³-hybridized carbons (Fsp3) is 0.450. The maximum atomic E-state index is 13.3. The summed E-state index contributed by atoms with van der Waals surface area (Å²) < 4.78 is 0. The van der Waals surface area contributed by atoms with Gasteiger partial charge in [0, 0.05) is 22.0 Å². The van der Waals surface area contributed by atoms with Crippen molar-refractivity contribution in [2.24, 2.45) is 5.92 Å². The van der Waals surface area contributed by atoms with Gasteiger partial charge in [-0.2, -0.15) is 11.8 Å². The second-order valence-electron chi connectivity index (χ2n) is 6.82. The second kappa shape index (κ2) is 5.73. The first-order valence-corrected chi connectivity index (χ1v) is 9.34. The van der Waals surface area contributed by atoms with Gasteiger partial charge in [0.05, 0.1) is 0 Å². The van der Waals surface area contributed by atoms with E-state index in [0.717, 1.165) is 39.9 Å². The summed E-state index contributed by atoms with van der Waals surface area (Å²) in [4.78, 5) is 13.3. The van der Waals surface area contributed by atoms with Crippen molar-refractivity contribution in [1.82, 2.24) is 0 Å². The lowest BCUT2D eigenvalue weighted by Gasteiger charge is -2.38. The summed E-state index contributed by atoms with van der Waals surface area (Å²) in [5.74, 6) is 0.632. The molecule has 0 aromatic heterocycles. The highest BCUT2D eigenvalue weighted by atomic mass is 32.2. The van der Waals surface area contributed by atoms with Crippen LogP contribution >= 0.6 is 11.8 Å². The number of thioether (sulfide) groups is 1. The Balaban J connectivity index is 1.72. The molecule has 0 amide bonds. The number of hydrogen-bond donors (Lipinski definition) is 0. The molecule has 0 aliphatic carbocycles. The third kappa shape index (κ3) is 2.48. The topological polar surface area (TPSA) is 17.1 Å². The predicted octanol–water partition coefficient (Wildman–Crippen LogP) is 5.40. The van der Waals surface area contributed by atoms with Crippen LogP contribution in [0.1, 0.15) is 48.0 Å². The lowest BCUT2D eigenvalue weighted by atomic mass is 9.82. The molecule has 0 saturated carbocycles. The van der Waals surface area contributed by atoms with Crippen molar-refractivity contribution >= 4 is 28.3 Å². The minimum absolute atomic E-state index is 0.237. The summed E-state index contributed by atoms with van der Waals surface area (Å²) in [6.45, 7) is 2.08. The van der Waals surface area contributed by atoms with E-state index in [1.54, 1.807) is 0 Å². The van der Waals surface area contributed by atoms with Crippen molar-refractivity contribution in [2.75, 3.05) is 0 Å². The van der Waals surface area contributed by atoms with Gasteiger partial charge >= 0.3 is 0 Å². The molecule has 2 saturated heterocycles. The Bertz CT molecular complexity index is 709. The zero-order valence-electron chi connectivity index (χ0n) is 13.0. The molecule has 2 atom stereocenters. The second-order valence-corrected chi connectivity index (χ2v) is 8.43. The van der Waals surface area contributed by atoms with Gasteiger partial charge in [-0.05, 0) is 48.9 Å². The summed E-state index contributed by atoms with van der Waals surface area (Å²) in [6.07, 6.45) is 6.14. The lowest BCUT2D eigenvalue weighted by molar-refractivity contribution is 0.0898. The van der Waals surface area contributed by atoms with E-state index >= 15 is 0 Å². The molecule has 2 bridgehead atoms. The zero-order chi connectivity index (χ0) is 15.1. The van der Waals surface area contributed by atoms with Crippen molar-refractivity contribution in [3.8, 4) is 0 Å². The maximum Gasteiger partial charge on any atom is 0.166 e. The van der Waals surface area contributed by atoms with Crippen LogP contribution in [0.5, 0.6) is 0 Å². The molecule has 2 aliphatic rings. The van der Waals surface area contributed by atoms with E-state index in [-0.39, 0.29) is 5.92 Å². The molecule has 4 rings (SSSR count). The quantitative estimate of drug-likeness (QED) is 0.691. The Hall–Kier alpha value is -1.28. The number of Topliss-reactive ketones (excluding diaryl/α,β-unsaturated/α-hetero) is 1. The predicted molar refractivity (Wildman–Crippen MR) is 94.8 cm³/mol. The largest absolute Gasteiger partial charge is 0.294 e. The monoisotopic (exact) mass is 310 g/mol. The number of hydrogen-bond acceptors (Lipinski definition) is 2. The van der Waals surface area contributed by atoms with Gasteiger partial charge < -0.3 is 0 Å². The smallest absolute Gasteiger partial charge is 0.166 e. The summed E-state index contributed by atoms with van der Waals surface area (Å²) in [5.41, 5.74) is 2.11. The SMILES string of the molecule is Cc1ccc2ccccc2c1C(=O)C1CC2CCCC(C1)S2. The van der Waals surface area contributed by atoms with Crippen LogP contribution < -0.4 is 0 Å². The third-order valence-corrected chi connectivity index (χ3v) is 6.91. The molecule has 0 N–H and O–H groups in total. The maximum absolute atomic E-state index is 13.3. The van der Waals surface area contributed by atoms with Gasteiger partial charge in [-0.25, -0.2) is 0 Å². The molecule has 2 heterocycles. The van der Waals surface area contributed by atoms with Gasteiger partial charge in [0.15, 0.2) is 5.78 Å². The highest BCUT2D eigenvalue weighted by Gasteiger charge is 2.36. The molecule has 2 aromatic rings. The first-order valence-electron chi connectivity index (χ1n) is 8.40. The fourth-order valence-electron chi connectivity index (χ4n) is 4.18. The normalized spacial score (nSPS) is 27.8. The standard InChI is InChI=1S/C20H22OS/c1-13-9-10-14-5-2-3-8-18(14)19(13)20(21)15-11-16-6-4-7-17(12-15)22-16/h2-3,5,8-10,15-17H,4,6-7,11-12H2,1H3. The van der Waals surface area contributed by atoms with E-state index in [4.69, 9.17) is 0 Å². The zero-order valence-corrected chi connectivity index (χ0v) is 13.9. The molecule has 2 unspecified atom stereocenters. The molecule has 0 radical (unpaired) electrons. The van der Waals surface area contributed by atoms with Crippen LogP contribution in [-0.4, -0.2) is 16.3 Å². The van der Waals surface area contributed by atoms with E-state index in [0.29, 0.717) is 5.78 Å². The van der Waals surface area contributed by atoms with E-state index in [1.165, 1.54) is 24.6 Å². The number of fused-ring (bicyclic) bond motifs is 3. The Labute approximate surface area is 136 Å². The highest BCUT2D eigenvalue weighted by molar-refractivity contribution is 8.00. The van der Waals surface area contributed by atoms with Gasteiger partial charge in [0.1, 0.15) is 0 Å². The van der Waals surface area contributed by atoms with Crippen LogP contribution in [0.15, 0.2) is 36.4 Å². The van der Waals surface area contributed by atoms with Crippen molar-refractivity contribution in [3.63, 3.8) is 0 Å². The molecular weight excluding hydrogens is 288 g/mol. The van der Waals surface area contributed by atoms with Crippen molar-refractivity contribution in [3.05, 3.63) is 47.5 Å². The molecule has 2 aliphatic heterocycles. The Kier molecular flexibility index (Phi) is 3.73. The van der Waals surface area contributed by atoms with Gasteiger partial charge in [-0.15, -0.1) is 0 Å². The van der Waals surface area contributed by atoms with Crippen molar-refractivity contribution in [2.45, 2.75) is 49.5 Å². The average molecular weight is 310 g/mol.